The number of ether oxygens (including phenoxy) is 2. The van der Waals surface area contributed by atoms with Crippen LogP contribution in [0.25, 0.3) is 23.0 Å². The molecule has 0 saturated carbocycles. The number of aromatic nitrogens is 2. The first-order chi connectivity index (χ1) is 16.6. The average Bonchev–Trinajstić information content (AvgIpc) is 3.24. The first-order valence-corrected chi connectivity index (χ1v) is 11.0. The highest BCUT2D eigenvalue weighted by Crippen LogP contribution is 2.33. The van der Waals surface area contributed by atoms with Crippen LogP contribution in [0.4, 0.5) is 4.39 Å². The molecule has 6 nitrogen and oxygen atoms in total. The SMILES string of the molecule is COc1cc2c(cc1OC)CN(C(=O)/C=C/c1c(-c3ccccc3)nc3ccc(F)cn13)CC2. The maximum Gasteiger partial charge on any atom is 0.246 e. The number of fused-ring (bicyclic) bond motifs is 2. The number of methoxy groups -OCH3 is 2. The molecule has 1 aliphatic rings. The Balaban J connectivity index is 1.45. The summed E-state index contributed by atoms with van der Waals surface area (Å²) in [5, 5.41) is 0. The fourth-order valence-corrected chi connectivity index (χ4v) is 4.33. The van der Waals surface area contributed by atoms with Gasteiger partial charge in [0.15, 0.2) is 11.5 Å². The number of amides is 1. The largest absolute Gasteiger partial charge is 0.493 e. The number of carbonyl (C=O) groups excluding carboxylic acids is 1. The van der Waals surface area contributed by atoms with Crippen molar-refractivity contribution in [3.63, 3.8) is 0 Å². The summed E-state index contributed by atoms with van der Waals surface area (Å²) in [6, 6.07) is 16.6. The number of imidazole rings is 1. The molecule has 7 heteroatoms. The summed E-state index contributed by atoms with van der Waals surface area (Å²) >= 11 is 0. The molecule has 0 saturated heterocycles. The topological polar surface area (TPSA) is 56.1 Å². The van der Waals surface area contributed by atoms with Crippen molar-refractivity contribution >= 4 is 17.6 Å². The third kappa shape index (κ3) is 4.01. The number of benzene rings is 2. The van der Waals surface area contributed by atoms with Crippen LogP contribution in [-0.4, -0.2) is 41.0 Å². The van der Waals surface area contributed by atoms with E-state index in [1.165, 1.54) is 18.3 Å². The molecule has 34 heavy (non-hydrogen) atoms. The summed E-state index contributed by atoms with van der Waals surface area (Å²) in [5.74, 6) is 0.842. The molecule has 172 valence electrons. The summed E-state index contributed by atoms with van der Waals surface area (Å²) in [6.45, 7) is 1.07. The van der Waals surface area contributed by atoms with Crippen LogP contribution in [-0.2, 0) is 17.8 Å². The van der Waals surface area contributed by atoms with E-state index in [-0.39, 0.29) is 11.7 Å². The minimum absolute atomic E-state index is 0.120. The Labute approximate surface area is 196 Å². The van der Waals surface area contributed by atoms with E-state index in [1.54, 1.807) is 35.7 Å². The van der Waals surface area contributed by atoms with Gasteiger partial charge in [-0.15, -0.1) is 0 Å². The highest BCUT2D eigenvalue weighted by molar-refractivity contribution is 5.93. The monoisotopic (exact) mass is 457 g/mol. The maximum absolute atomic E-state index is 14.0. The van der Waals surface area contributed by atoms with Crippen LogP contribution in [0.5, 0.6) is 11.5 Å². The Morgan fingerprint density at radius 1 is 1.03 bits per heavy atom. The van der Waals surface area contributed by atoms with E-state index >= 15 is 0 Å². The van der Waals surface area contributed by atoms with E-state index in [1.807, 2.05) is 42.5 Å². The molecule has 0 aliphatic carbocycles. The van der Waals surface area contributed by atoms with Crippen LogP contribution in [0.3, 0.4) is 0 Å². The van der Waals surface area contributed by atoms with Crippen molar-refractivity contribution < 1.29 is 18.7 Å². The van der Waals surface area contributed by atoms with Crippen LogP contribution in [0.15, 0.2) is 66.9 Å². The molecular formula is C27H24FN3O3. The van der Waals surface area contributed by atoms with Crippen molar-refractivity contribution in [3.8, 4) is 22.8 Å². The Kier molecular flexibility index (Phi) is 5.76. The molecule has 0 fully saturated rings. The van der Waals surface area contributed by atoms with Gasteiger partial charge in [-0.25, -0.2) is 9.37 Å². The second kappa shape index (κ2) is 9.02. The van der Waals surface area contributed by atoms with E-state index < -0.39 is 0 Å². The average molecular weight is 458 g/mol. The number of nitrogens with zero attached hydrogens (tertiary/aromatic N) is 3. The minimum Gasteiger partial charge on any atom is -0.493 e. The van der Waals surface area contributed by atoms with Gasteiger partial charge in [-0.05, 0) is 47.9 Å². The molecule has 2 aromatic carbocycles. The predicted molar refractivity (Wildman–Crippen MR) is 128 cm³/mol. The van der Waals surface area contributed by atoms with Crippen LogP contribution in [0.1, 0.15) is 16.8 Å². The lowest BCUT2D eigenvalue weighted by molar-refractivity contribution is -0.126. The molecule has 0 unspecified atom stereocenters. The third-order valence-corrected chi connectivity index (χ3v) is 6.08. The highest BCUT2D eigenvalue weighted by Gasteiger charge is 2.22. The van der Waals surface area contributed by atoms with Gasteiger partial charge in [0.25, 0.3) is 0 Å². The van der Waals surface area contributed by atoms with Gasteiger partial charge >= 0.3 is 0 Å². The molecule has 0 bridgehead atoms. The van der Waals surface area contributed by atoms with E-state index in [4.69, 9.17) is 9.47 Å². The van der Waals surface area contributed by atoms with E-state index in [2.05, 4.69) is 4.98 Å². The first-order valence-electron chi connectivity index (χ1n) is 11.0. The molecule has 0 atom stereocenters. The van der Waals surface area contributed by atoms with E-state index in [0.29, 0.717) is 41.6 Å². The number of carbonyl (C=O) groups is 1. The summed E-state index contributed by atoms with van der Waals surface area (Å²) in [5.41, 5.74) is 5.03. The van der Waals surface area contributed by atoms with Gasteiger partial charge in [-0.1, -0.05) is 30.3 Å². The Morgan fingerprint density at radius 3 is 2.50 bits per heavy atom. The quantitative estimate of drug-likeness (QED) is 0.406. The zero-order chi connectivity index (χ0) is 23.7. The van der Waals surface area contributed by atoms with Crippen molar-refractivity contribution in [2.45, 2.75) is 13.0 Å². The lowest BCUT2D eigenvalue weighted by Crippen LogP contribution is -2.34. The zero-order valence-electron chi connectivity index (χ0n) is 19.0. The molecule has 0 radical (unpaired) electrons. The molecule has 0 spiro atoms. The van der Waals surface area contributed by atoms with Gasteiger partial charge in [-0.2, -0.15) is 0 Å². The predicted octanol–water partition coefficient (Wildman–Crippen LogP) is 4.76. The zero-order valence-corrected chi connectivity index (χ0v) is 19.0. The smallest absolute Gasteiger partial charge is 0.246 e. The van der Waals surface area contributed by atoms with Gasteiger partial charge in [0.1, 0.15) is 11.5 Å². The van der Waals surface area contributed by atoms with E-state index in [0.717, 1.165) is 23.1 Å². The third-order valence-electron chi connectivity index (χ3n) is 6.08. The Hall–Kier alpha value is -4.13. The molecule has 4 aromatic rings. The minimum atomic E-state index is -0.373. The van der Waals surface area contributed by atoms with Crippen molar-refractivity contribution in [2.24, 2.45) is 0 Å². The molecule has 0 N–H and O–H groups in total. The number of hydrogen-bond donors (Lipinski definition) is 0. The number of rotatable bonds is 5. The second-order valence-electron chi connectivity index (χ2n) is 8.11. The normalized spacial score (nSPS) is 13.3. The van der Waals surface area contributed by atoms with Crippen molar-refractivity contribution in [2.75, 3.05) is 20.8 Å². The van der Waals surface area contributed by atoms with Gasteiger partial charge in [0.05, 0.1) is 25.6 Å². The molecule has 2 aromatic heterocycles. The summed E-state index contributed by atoms with van der Waals surface area (Å²) in [4.78, 5) is 19.6. The van der Waals surface area contributed by atoms with E-state index in [9.17, 15) is 9.18 Å². The standard InChI is InChI=1S/C27H24FN3O3/c1-33-23-14-19-12-13-30(16-20(19)15-24(23)34-2)26(32)11-9-22-27(18-6-4-3-5-7-18)29-25-10-8-21(28)17-31(22)25/h3-11,14-15,17H,12-13,16H2,1-2H3/b11-9+. The van der Waals surface area contributed by atoms with Crippen LogP contribution < -0.4 is 9.47 Å². The number of hydrogen-bond acceptors (Lipinski definition) is 4. The van der Waals surface area contributed by atoms with Gasteiger partial charge in [-0.3, -0.25) is 9.20 Å². The summed E-state index contributed by atoms with van der Waals surface area (Å²) < 4.78 is 26.5. The van der Waals surface area contributed by atoms with Crippen LogP contribution >= 0.6 is 0 Å². The molecule has 3 heterocycles. The summed E-state index contributed by atoms with van der Waals surface area (Å²) in [7, 11) is 3.21. The van der Waals surface area contributed by atoms with Crippen molar-refractivity contribution in [1.29, 1.82) is 0 Å². The van der Waals surface area contributed by atoms with Gasteiger partial charge in [0.2, 0.25) is 5.91 Å². The van der Waals surface area contributed by atoms with Crippen molar-refractivity contribution in [3.05, 3.63) is 89.5 Å². The number of pyridine rings is 1. The molecule has 1 aliphatic heterocycles. The molecular weight excluding hydrogens is 433 g/mol. The maximum atomic E-state index is 14.0. The Morgan fingerprint density at radius 2 is 1.76 bits per heavy atom. The van der Waals surface area contributed by atoms with Crippen LogP contribution in [0, 0.1) is 5.82 Å². The second-order valence-corrected chi connectivity index (χ2v) is 8.11. The molecule has 5 rings (SSSR count). The fourth-order valence-electron chi connectivity index (χ4n) is 4.33. The first kappa shape index (κ1) is 21.7. The van der Waals surface area contributed by atoms with Crippen LogP contribution in [0.2, 0.25) is 0 Å². The summed E-state index contributed by atoms with van der Waals surface area (Å²) in [6.07, 6.45) is 5.36. The van der Waals surface area contributed by atoms with Gasteiger partial charge < -0.3 is 14.4 Å². The van der Waals surface area contributed by atoms with Gasteiger partial charge in [0, 0.05) is 30.9 Å². The lowest BCUT2D eigenvalue weighted by Gasteiger charge is -2.28. The van der Waals surface area contributed by atoms with Crippen molar-refractivity contribution in [1.82, 2.24) is 14.3 Å². The lowest BCUT2D eigenvalue weighted by atomic mass is 9.98. The highest BCUT2D eigenvalue weighted by atomic mass is 19.1. The fraction of sp³-hybridized carbons (Fsp3) is 0.185. The molecule has 1 amide bonds. The Bertz CT molecular complexity index is 1400. The number of halogens is 1.